The van der Waals surface area contributed by atoms with Gasteiger partial charge in [0.15, 0.2) is 0 Å². The average Bonchev–Trinajstić information content (AvgIpc) is 2.96. The van der Waals surface area contributed by atoms with Crippen LogP contribution in [-0.2, 0) is 24.4 Å². The van der Waals surface area contributed by atoms with Crippen molar-refractivity contribution in [3.8, 4) is 0 Å². The number of nitrogens with zero attached hydrogens (tertiary/aromatic N) is 2. The van der Waals surface area contributed by atoms with Crippen LogP contribution in [0.25, 0.3) is 0 Å². The molecule has 1 aliphatic rings. The first kappa shape index (κ1) is 19.9. The first-order valence-corrected chi connectivity index (χ1v) is 9.62. The molecule has 0 bridgehead atoms. The maximum atomic E-state index is 12.6. The predicted octanol–water partition coefficient (Wildman–Crippen LogP) is 0.0101. The molecule has 1 fully saturated rings. The van der Waals surface area contributed by atoms with Crippen molar-refractivity contribution < 1.29 is 27.9 Å². The molecule has 0 radical (unpaired) electrons. The van der Waals surface area contributed by atoms with Gasteiger partial charge in [0.25, 0.3) is 0 Å². The van der Waals surface area contributed by atoms with E-state index in [1.54, 1.807) is 13.0 Å². The third-order valence-corrected chi connectivity index (χ3v) is 5.13. The van der Waals surface area contributed by atoms with E-state index in [9.17, 15) is 22.8 Å². The van der Waals surface area contributed by atoms with Gasteiger partial charge in [0.2, 0.25) is 21.8 Å². The number of amides is 2. The molecular formula is C16H21N3O6S. The van der Waals surface area contributed by atoms with Crippen molar-refractivity contribution in [1.82, 2.24) is 4.90 Å². The van der Waals surface area contributed by atoms with Crippen LogP contribution in [0.5, 0.6) is 0 Å². The number of carboxylic acids is 1. The van der Waals surface area contributed by atoms with Gasteiger partial charge in [-0.05, 0) is 25.1 Å². The lowest BCUT2D eigenvalue weighted by Crippen LogP contribution is -2.38. The Morgan fingerprint density at radius 1 is 1.38 bits per heavy atom. The number of aliphatic carboxylic acids is 1. The summed E-state index contributed by atoms with van der Waals surface area (Å²) < 4.78 is 22.9. The molecule has 9 nitrogen and oxygen atoms in total. The number of benzene rings is 1. The number of hydrogen-bond acceptors (Lipinski definition) is 5. The van der Waals surface area contributed by atoms with Crippen LogP contribution in [0, 0.1) is 5.92 Å². The van der Waals surface area contributed by atoms with E-state index >= 15 is 0 Å². The average molecular weight is 383 g/mol. The van der Waals surface area contributed by atoms with Crippen molar-refractivity contribution in [3.63, 3.8) is 0 Å². The van der Waals surface area contributed by atoms with Gasteiger partial charge in [-0.1, -0.05) is 6.07 Å². The van der Waals surface area contributed by atoms with E-state index in [4.69, 9.17) is 10.2 Å². The first-order chi connectivity index (χ1) is 12.1. The van der Waals surface area contributed by atoms with Gasteiger partial charge < -0.3 is 14.9 Å². The van der Waals surface area contributed by atoms with Crippen LogP contribution in [0.4, 0.5) is 5.69 Å². The first-order valence-electron chi connectivity index (χ1n) is 8.07. The highest BCUT2D eigenvalue weighted by Crippen LogP contribution is 2.27. The van der Waals surface area contributed by atoms with Gasteiger partial charge in [-0.15, -0.1) is 0 Å². The number of carbonyl (C=O) groups is 3. The van der Waals surface area contributed by atoms with Gasteiger partial charge in [-0.2, -0.15) is 0 Å². The molecule has 0 spiro atoms. The molecule has 1 heterocycles. The number of primary sulfonamides is 1. The smallest absolute Gasteiger partial charge is 0.305 e. The molecule has 10 heteroatoms. The van der Waals surface area contributed by atoms with Gasteiger partial charge in [0.1, 0.15) is 0 Å². The molecule has 3 N–H and O–H groups in total. The minimum atomic E-state index is -3.90. The standard InChI is InChI=1S/C16H21N3O6S/c1-2-18(7-6-15(21)22)16(23)11-8-14(20)19(10-11)12-4-3-5-13(9-12)26(17,24)25/h3-5,9,11H,2,6-8,10H2,1H3,(H,21,22)(H2,17,24,25). The monoisotopic (exact) mass is 383 g/mol. The van der Waals surface area contributed by atoms with E-state index in [0.29, 0.717) is 12.2 Å². The molecule has 26 heavy (non-hydrogen) atoms. The minimum Gasteiger partial charge on any atom is -0.481 e. The fraction of sp³-hybridized carbons (Fsp3) is 0.438. The Hall–Kier alpha value is -2.46. The number of carbonyl (C=O) groups excluding carboxylic acids is 2. The summed E-state index contributed by atoms with van der Waals surface area (Å²) >= 11 is 0. The topological polar surface area (TPSA) is 138 Å². The van der Waals surface area contributed by atoms with E-state index in [1.165, 1.54) is 28.0 Å². The van der Waals surface area contributed by atoms with E-state index in [-0.39, 0.29) is 42.6 Å². The molecular weight excluding hydrogens is 362 g/mol. The molecule has 0 saturated carbocycles. The predicted molar refractivity (Wildman–Crippen MR) is 92.8 cm³/mol. The highest BCUT2D eigenvalue weighted by molar-refractivity contribution is 7.89. The third-order valence-electron chi connectivity index (χ3n) is 4.22. The second kappa shape index (κ2) is 7.83. The van der Waals surface area contributed by atoms with Gasteiger partial charge in [0, 0.05) is 31.7 Å². The lowest BCUT2D eigenvalue weighted by Gasteiger charge is -2.23. The second-order valence-corrected chi connectivity index (χ2v) is 7.57. The Balaban J connectivity index is 2.15. The van der Waals surface area contributed by atoms with Crippen LogP contribution in [-0.4, -0.2) is 55.8 Å². The zero-order chi connectivity index (χ0) is 19.5. The quantitative estimate of drug-likeness (QED) is 0.680. The number of sulfonamides is 1. The number of carboxylic acid groups (broad SMARTS) is 1. The Kier molecular flexibility index (Phi) is 5.98. The van der Waals surface area contributed by atoms with Crippen molar-refractivity contribution in [2.45, 2.75) is 24.7 Å². The summed E-state index contributed by atoms with van der Waals surface area (Å²) in [5, 5.41) is 13.9. The summed E-state index contributed by atoms with van der Waals surface area (Å²) in [7, 11) is -3.90. The molecule has 0 aromatic heterocycles. The molecule has 2 rings (SSSR count). The van der Waals surface area contributed by atoms with Crippen molar-refractivity contribution in [2.24, 2.45) is 11.1 Å². The van der Waals surface area contributed by atoms with E-state index in [2.05, 4.69) is 0 Å². The molecule has 2 amide bonds. The Labute approximate surface area is 151 Å². The Bertz CT molecular complexity index is 823. The van der Waals surface area contributed by atoms with Gasteiger partial charge >= 0.3 is 5.97 Å². The number of rotatable bonds is 7. The summed E-state index contributed by atoms with van der Waals surface area (Å²) in [6.07, 6.45) is -0.178. The minimum absolute atomic E-state index is 0.0119. The summed E-state index contributed by atoms with van der Waals surface area (Å²) in [6.45, 7) is 2.27. The third kappa shape index (κ3) is 4.58. The van der Waals surface area contributed by atoms with Gasteiger partial charge in [-0.3, -0.25) is 14.4 Å². The number of hydrogen-bond donors (Lipinski definition) is 2. The van der Waals surface area contributed by atoms with Crippen LogP contribution in [0.3, 0.4) is 0 Å². The zero-order valence-corrected chi connectivity index (χ0v) is 15.1. The second-order valence-electron chi connectivity index (χ2n) is 6.01. The van der Waals surface area contributed by atoms with Crippen LogP contribution < -0.4 is 10.0 Å². The molecule has 142 valence electrons. The van der Waals surface area contributed by atoms with Gasteiger partial charge in [0.05, 0.1) is 17.2 Å². The Morgan fingerprint density at radius 3 is 2.65 bits per heavy atom. The van der Waals surface area contributed by atoms with E-state index < -0.39 is 21.9 Å². The SMILES string of the molecule is CCN(CCC(=O)O)C(=O)C1CC(=O)N(c2cccc(S(N)(=O)=O)c2)C1. The normalized spacial score (nSPS) is 17.4. The molecule has 0 aliphatic carbocycles. The van der Waals surface area contributed by atoms with Crippen LogP contribution in [0.2, 0.25) is 0 Å². The summed E-state index contributed by atoms with van der Waals surface area (Å²) in [6, 6.07) is 5.67. The van der Waals surface area contributed by atoms with Crippen molar-refractivity contribution in [2.75, 3.05) is 24.5 Å². The summed E-state index contributed by atoms with van der Waals surface area (Å²) in [5.74, 6) is -2.19. The largest absolute Gasteiger partial charge is 0.481 e. The maximum absolute atomic E-state index is 12.6. The molecule has 1 aromatic rings. The maximum Gasteiger partial charge on any atom is 0.305 e. The molecule has 1 atom stereocenters. The number of anilines is 1. The summed E-state index contributed by atoms with van der Waals surface area (Å²) in [4.78, 5) is 38.2. The lowest BCUT2D eigenvalue weighted by molar-refractivity contribution is -0.139. The molecule has 1 saturated heterocycles. The lowest BCUT2D eigenvalue weighted by atomic mass is 10.1. The van der Waals surface area contributed by atoms with Crippen molar-refractivity contribution >= 4 is 33.5 Å². The van der Waals surface area contributed by atoms with Crippen LogP contribution in [0.15, 0.2) is 29.2 Å². The van der Waals surface area contributed by atoms with Crippen LogP contribution >= 0.6 is 0 Å². The zero-order valence-electron chi connectivity index (χ0n) is 14.3. The van der Waals surface area contributed by atoms with E-state index in [1.807, 2.05) is 0 Å². The van der Waals surface area contributed by atoms with Crippen LogP contribution in [0.1, 0.15) is 19.8 Å². The fourth-order valence-electron chi connectivity index (χ4n) is 2.86. The van der Waals surface area contributed by atoms with Gasteiger partial charge in [-0.25, -0.2) is 13.6 Å². The molecule has 1 aliphatic heterocycles. The molecule has 1 aromatic carbocycles. The van der Waals surface area contributed by atoms with Crippen molar-refractivity contribution in [3.05, 3.63) is 24.3 Å². The van der Waals surface area contributed by atoms with Crippen molar-refractivity contribution in [1.29, 1.82) is 0 Å². The molecule has 1 unspecified atom stereocenters. The number of nitrogens with two attached hydrogens (primary N) is 1. The van der Waals surface area contributed by atoms with E-state index in [0.717, 1.165) is 0 Å². The highest BCUT2D eigenvalue weighted by Gasteiger charge is 2.37. The summed E-state index contributed by atoms with van der Waals surface area (Å²) in [5.41, 5.74) is 0.352. The Morgan fingerprint density at radius 2 is 2.08 bits per heavy atom. The fourth-order valence-corrected chi connectivity index (χ4v) is 3.42. The highest BCUT2D eigenvalue weighted by atomic mass is 32.2.